The van der Waals surface area contributed by atoms with E-state index in [1.54, 1.807) is 0 Å². The van der Waals surface area contributed by atoms with Gasteiger partial charge >= 0.3 is 0 Å². The average molecular weight is 211 g/mol. The van der Waals surface area contributed by atoms with Crippen LogP contribution in [0, 0.1) is 13.8 Å². The topological polar surface area (TPSA) is 22.1 Å². The van der Waals surface area contributed by atoms with Gasteiger partial charge in [-0.15, -0.1) is 0 Å². The lowest BCUT2D eigenvalue weighted by Gasteiger charge is -2.20. The molecule has 2 heterocycles. The predicted octanol–water partition coefficient (Wildman–Crippen LogP) is 3.26. The fourth-order valence-corrected chi connectivity index (χ4v) is 2.08. The molecular formula is C14H13NO. The molecule has 1 aliphatic heterocycles. The van der Waals surface area contributed by atoms with E-state index in [0.29, 0.717) is 6.61 Å². The van der Waals surface area contributed by atoms with Gasteiger partial charge in [0.1, 0.15) is 12.4 Å². The second-order valence-corrected chi connectivity index (χ2v) is 4.24. The summed E-state index contributed by atoms with van der Waals surface area (Å²) in [6.45, 7) is 4.66. The van der Waals surface area contributed by atoms with Crippen molar-refractivity contribution in [3.8, 4) is 16.9 Å². The van der Waals surface area contributed by atoms with Crippen molar-refractivity contribution in [1.82, 2.24) is 4.98 Å². The molecule has 0 N–H and O–H groups in total. The number of aromatic nitrogens is 1. The molecule has 3 rings (SSSR count). The standard InChI is InChI=1S/C14H13NO/c1-9-3-5-12-11-6-4-10(2)15-13(11)8-16-14(12)7-9/h3-7H,8H2,1-2H3. The average Bonchev–Trinajstić information content (AvgIpc) is 2.28. The fraction of sp³-hybridized carbons (Fsp3) is 0.214. The van der Waals surface area contributed by atoms with Crippen LogP contribution >= 0.6 is 0 Å². The Hall–Kier alpha value is -1.83. The first-order valence-corrected chi connectivity index (χ1v) is 5.44. The molecule has 0 atom stereocenters. The summed E-state index contributed by atoms with van der Waals surface area (Å²) in [5.41, 5.74) is 5.66. The highest BCUT2D eigenvalue weighted by Crippen LogP contribution is 2.37. The molecule has 0 fully saturated rings. The maximum absolute atomic E-state index is 5.72. The van der Waals surface area contributed by atoms with E-state index in [4.69, 9.17) is 4.74 Å². The van der Waals surface area contributed by atoms with E-state index in [9.17, 15) is 0 Å². The molecule has 2 nitrogen and oxygen atoms in total. The molecule has 0 aliphatic carbocycles. The lowest BCUT2D eigenvalue weighted by Crippen LogP contribution is -2.08. The predicted molar refractivity (Wildman–Crippen MR) is 63.5 cm³/mol. The van der Waals surface area contributed by atoms with Gasteiger partial charge in [-0.05, 0) is 31.5 Å². The molecule has 2 heteroatoms. The van der Waals surface area contributed by atoms with Crippen molar-refractivity contribution >= 4 is 0 Å². The maximum Gasteiger partial charge on any atom is 0.131 e. The van der Waals surface area contributed by atoms with Crippen molar-refractivity contribution in [1.29, 1.82) is 0 Å². The highest BCUT2D eigenvalue weighted by atomic mass is 16.5. The second kappa shape index (κ2) is 3.34. The van der Waals surface area contributed by atoms with Gasteiger partial charge in [0.25, 0.3) is 0 Å². The number of nitrogens with zero attached hydrogens (tertiary/aromatic N) is 1. The minimum Gasteiger partial charge on any atom is -0.487 e. The van der Waals surface area contributed by atoms with Crippen molar-refractivity contribution in [2.24, 2.45) is 0 Å². The summed E-state index contributed by atoms with van der Waals surface area (Å²) < 4.78 is 5.72. The number of aryl methyl sites for hydroxylation is 2. The number of fused-ring (bicyclic) bond motifs is 3. The van der Waals surface area contributed by atoms with Gasteiger partial charge in [0.15, 0.2) is 0 Å². The molecule has 80 valence electrons. The van der Waals surface area contributed by atoms with Gasteiger partial charge in [-0.25, -0.2) is 0 Å². The van der Waals surface area contributed by atoms with E-state index in [2.05, 4.69) is 36.2 Å². The molecule has 0 radical (unpaired) electrons. The zero-order valence-corrected chi connectivity index (χ0v) is 9.45. The Morgan fingerprint density at radius 1 is 1.06 bits per heavy atom. The summed E-state index contributed by atoms with van der Waals surface area (Å²) in [5.74, 6) is 0.971. The summed E-state index contributed by atoms with van der Waals surface area (Å²) in [4.78, 5) is 4.51. The zero-order chi connectivity index (χ0) is 11.1. The molecular weight excluding hydrogens is 198 g/mol. The van der Waals surface area contributed by atoms with Crippen LogP contribution in [-0.4, -0.2) is 4.98 Å². The Morgan fingerprint density at radius 2 is 1.88 bits per heavy atom. The summed E-state index contributed by atoms with van der Waals surface area (Å²) in [6, 6.07) is 10.5. The van der Waals surface area contributed by atoms with Crippen LogP contribution < -0.4 is 4.74 Å². The molecule has 0 unspecified atom stereocenters. The number of ether oxygens (including phenoxy) is 1. The van der Waals surface area contributed by atoms with Gasteiger partial charge in [-0.1, -0.05) is 18.2 Å². The minimum atomic E-state index is 0.577. The zero-order valence-electron chi connectivity index (χ0n) is 9.45. The van der Waals surface area contributed by atoms with E-state index in [1.165, 1.54) is 11.1 Å². The van der Waals surface area contributed by atoms with E-state index < -0.39 is 0 Å². The van der Waals surface area contributed by atoms with Crippen molar-refractivity contribution in [2.75, 3.05) is 0 Å². The summed E-state index contributed by atoms with van der Waals surface area (Å²) in [7, 11) is 0. The van der Waals surface area contributed by atoms with Gasteiger partial charge < -0.3 is 4.74 Å². The fourth-order valence-electron chi connectivity index (χ4n) is 2.08. The molecule has 0 bridgehead atoms. The Kier molecular flexibility index (Phi) is 1.96. The van der Waals surface area contributed by atoms with Crippen molar-refractivity contribution < 1.29 is 4.74 Å². The number of hydrogen-bond acceptors (Lipinski definition) is 2. The van der Waals surface area contributed by atoms with E-state index >= 15 is 0 Å². The largest absolute Gasteiger partial charge is 0.487 e. The van der Waals surface area contributed by atoms with Crippen LogP contribution in [-0.2, 0) is 6.61 Å². The third-order valence-corrected chi connectivity index (χ3v) is 2.91. The maximum atomic E-state index is 5.72. The smallest absolute Gasteiger partial charge is 0.131 e. The van der Waals surface area contributed by atoms with Gasteiger partial charge in [0.2, 0.25) is 0 Å². The van der Waals surface area contributed by atoms with Crippen LogP contribution in [0.1, 0.15) is 17.0 Å². The molecule has 0 amide bonds. The monoisotopic (exact) mass is 211 g/mol. The van der Waals surface area contributed by atoms with Crippen molar-refractivity contribution in [3.63, 3.8) is 0 Å². The molecule has 0 spiro atoms. The third-order valence-electron chi connectivity index (χ3n) is 2.91. The molecule has 0 saturated heterocycles. The van der Waals surface area contributed by atoms with E-state index in [-0.39, 0.29) is 0 Å². The lowest BCUT2D eigenvalue weighted by molar-refractivity contribution is 0.296. The molecule has 0 saturated carbocycles. The van der Waals surface area contributed by atoms with Gasteiger partial charge in [-0.3, -0.25) is 4.98 Å². The number of hydrogen-bond donors (Lipinski definition) is 0. The third kappa shape index (κ3) is 1.38. The number of benzene rings is 1. The van der Waals surface area contributed by atoms with Crippen LogP contribution in [0.25, 0.3) is 11.1 Å². The van der Waals surface area contributed by atoms with Crippen LogP contribution in [0.5, 0.6) is 5.75 Å². The van der Waals surface area contributed by atoms with Gasteiger partial charge in [-0.2, -0.15) is 0 Å². The summed E-state index contributed by atoms with van der Waals surface area (Å²) in [6.07, 6.45) is 0. The van der Waals surface area contributed by atoms with E-state index in [0.717, 1.165) is 22.7 Å². The molecule has 1 aromatic carbocycles. The Labute approximate surface area is 94.9 Å². The van der Waals surface area contributed by atoms with Gasteiger partial charge in [0.05, 0.1) is 5.69 Å². The first kappa shape index (κ1) is 9.40. The van der Waals surface area contributed by atoms with Crippen molar-refractivity contribution in [3.05, 3.63) is 47.3 Å². The van der Waals surface area contributed by atoms with Crippen LogP contribution in [0.4, 0.5) is 0 Å². The van der Waals surface area contributed by atoms with E-state index in [1.807, 2.05) is 13.0 Å². The number of pyridine rings is 1. The number of rotatable bonds is 0. The Morgan fingerprint density at radius 3 is 2.75 bits per heavy atom. The molecule has 1 aromatic heterocycles. The first-order chi connectivity index (χ1) is 7.74. The Balaban J connectivity index is 2.23. The summed E-state index contributed by atoms with van der Waals surface area (Å²) >= 11 is 0. The highest BCUT2D eigenvalue weighted by Gasteiger charge is 2.17. The molecule has 16 heavy (non-hydrogen) atoms. The second-order valence-electron chi connectivity index (χ2n) is 4.24. The quantitative estimate of drug-likeness (QED) is 0.667. The molecule has 2 aromatic rings. The highest BCUT2D eigenvalue weighted by molar-refractivity contribution is 5.74. The SMILES string of the molecule is Cc1ccc2c(c1)OCc1nc(C)ccc1-2. The Bertz CT molecular complexity index is 509. The normalized spacial score (nSPS) is 12.6. The summed E-state index contributed by atoms with van der Waals surface area (Å²) in [5, 5.41) is 0. The van der Waals surface area contributed by atoms with Crippen molar-refractivity contribution in [2.45, 2.75) is 20.5 Å². The van der Waals surface area contributed by atoms with Crippen LogP contribution in [0.2, 0.25) is 0 Å². The first-order valence-electron chi connectivity index (χ1n) is 5.44. The lowest BCUT2D eigenvalue weighted by atomic mass is 9.99. The van der Waals surface area contributed by atoms with Crippen LogP contribution in [0.15, 0.2) is 30.3 Å². The molecule has 1 aliphatic rings. The minimum absolute atomic E-state index is 0.577. The van der Waals surface area contributed by atoms with Gasteiger partial charge in [0, 0.05) is 16.8 Å². The van der Waals surface area contributed by atoms with Crippen LogP contribution in [0.3, 0.4) is 0 Å².